The van der Waals surface area contributed by atoms with Crippen LogP contribution < -0.4 is 10.6 Å². The first-order valence-corrected chi connectivity index (χ1v) is 6.65. The average Bonchev–Trinajstić information content (AvgIpc) is 2.35. The number of nitrogen functional groups attached to an aromatic ring is 1. The molecule has 0 spiro atoms. The molecule has 1 aliphatic heterocycles. The van der Waals surface area contributed by atoms with Crippen molar-refractivity contribution in [3.8, 4) is 0 Å². The summed E-state index contributed by atoms with van der Waals surface area (Å²) in [6, 6.07) is 0. The molecule has 1 aromatic heterocycles. The van der Waals surface area contributed by atoms with Gasteiger partial charge in [-0.05, 0) is 18.8 Å². The van der Waals surface area contributed by atoms with Crippen LogP contribution in [0.4, 0.5) is 11.6 Å². The second-order valence-electron chi connectivity index (χ2n) is 5.09. The van der Waals surface area contributed by atoms with Crippen LogP contribution in [0, 0.1) is 5.92 Å². The molecule has 0 amide bonds. The minimum atomic E-state index is -0.199. The predicted octanol–water partition coefficient (Wildman–Crippen LogP) is 1.22. The van der Waals surface area contributed by atoms with Crippen LogP contribution in [-0.2, 0) is 6.42 Å². The van der Waals surface area contributed by atoms with Crippen molar-refractivity contribution in [2.75, 3.05) is 23.7 Å². The van der Waals surface area contributed by atoms with E-state index in [1.807, 2.05) is 0 Å². The normalized spacial score (nSPS) is 24.3. The molecule has 2 atom stereocenters. The molecular weight excluding hydrogens is 228 g/mol. The summed E-state index contributed by atoms with van der Waals surface area (Å²) in [5, 5.41) is 9.79. The molecule has 3 N–H and O–H groups in total. The van der Waals surface area contributed by atoms with E-state index in [2.05, 4.69) is 28.7 Å². The lowest BCUT2D eigenvalue weighted by Gasteiger charge is -2.36. The molecule has 2 unspecified atom stereocenters. The quantitative estimate of drug-likeness (QED) is 0.843. The van der Waals surface area contributed by atoms with Crippen molar-refractivity contribution >= 4 is 11.6 Å². The lowest BCUT2D eigenvalue weighted by atomic mass is 9.96. The molecule has 1 aliphatic rings. The monoisotopic (exact) mass is 250 g/mol. The molecule has 2 rings (SSSR count). The van der Waals surface area contributed by atoms with E-state index in [4.69, 9.17) is 5.73 Å². The summed E-state index contributed by atoms with van der Waals surface area (Å²) < 4.78 is 0. The van der Waals surface area contributed by atoms with Crippen molar-refractivity contribution in [1.82, 2.24) is 9.97 Å². The van der Waals surface area contributed by atoms with E-state index >= 15 is 0 Å². The summed E-state index contributed by atoms with van der Waals surface area (Å²) in [7, 11) is 0. The second kappa shape index (κ2) is 5.52. The van der Waals surface area contributed by atoms with Gasteiger partial charge in [0, 0.05) is 18.7 Å². The van der Waals surface area contributed by atoms with Gasteiger partial charge >= 0.3 is 0 Å². The zero-order chi connectivity index (χ0) is 13.1. The highest BCUT2D eigenvalue weighted by Gasteiger charge is 2.26. The Kier molecular flexibility index (Phi) is 4.01. The molecule has 5 heteroatoms. The largest absolute Gasteiger partial charge is 0.393 e. The van der Waals surface area contributed by atoms with Gasteiger partial charge in [0.15, 0.2) is 0 Å². The first kappa shape index (κ1) is 13.1. The maximum Gasteiger partial charge on any atom is 0.137 e. The third-order valence-electron chi connectivity index (χ3n) is 3.62. The highest BCUT2D eigenvalue weighted by atomic mass is 16.3. The van der Waals surface area contributed by atoms with Gasteiger partial charge in [-0.25, -0.2) is 9.97 Å². The van der Waals surface area contributed by atoms with Gasteiger partial charge in [0.05, 0.1) is 6.10 Å². The molecular formula is C13H22N4O. The van der Waals surface area contributed by atoms with Crippen LogP contribution in [0.3, 0.4) is 0 Å². The molecule has 0 radical (unpaired) electrons. The fourth-order valence-corrected chi connectivity index (χ4v) is 2.50. The molecule has 0 aromatic carbocycles. The number of aromatic nitrogens is 2. The van der Waals surface area contributed by atoms with E-state index in [-0.39, 0.29) is 12.0 Å². The van der Waals surface area contributed by atoms with Crippen molar-refractivity contribution < 1.29 is 5.11 Å². The number of anilines is 2. The van der Waals surface area contributed by atoms with E-state index in [1.54, 1.807) is 0 Å². The molecule has 18 heavy (non-hydrogen) atoms. The van der Waals surface area contributed by atoms with E-state index < -0.39 is 0 Å². The lowest BCUT2D eigenvalue weighted by molar-refractivity contribution is 0.0968. The van der Waals surface area contributed by atoms with Gasteiger partial charge in [0.2, 0.25) is 0 Å². The average molecular weight is 250 g/mol. The minimum absolute atomic E-state index is 0.199. The Morgan fingerprint density at radius 1 is 1.50 bits per heavy atom. The smallest absolute Gasteiger partial charge is 0.137 e. The lowest BCUT2D eigenvalue weighted by Crippen LogP contribution is -2.42. The van der Waals surface area contributed by atoms with Crippen molar-refractivity contribution in [2.45, 2.75) is 39.2 Å². The van der Waals surface area contributed by atoms with Gasteiger partial charge < -0.3 is 15.7 Å². The van der Waals surface area contributed by atoms with Crippen LogP contribution in [-0.4, -0.2) is 34.3 Å². The van der Waals surface area contributed by atoms with Crippen LogP contribution in [0.2, 0.25) is 0 Å². The van der Waals surface area contributed by atoms with Crippen LogP contribution in [0.5, 0.6) is 0 Å². The van der Waals surface area contributed by atoms with Crippen molar-refractivity contribution in [2.24, 2.45) is 5.92 Å². The molecule has 2 heterocycles. The summed E-state index contributed by atoms with van der Waals surface area (Å²) in [6.45, 7) is 5.85. The molecule has 0 saturated carbocycles. The van der Waals surface area contributed by atoms with Crippen LogP contribution >= 0.6 is 0 Å². The number of hydrogen-bond acceptors (Lipinski definition) is 5. The van der Waals surface area contributed by atoms with Gasteiger partial charge in [0.25, 0.3) is 0 Å². The molecule has 0 aliphatic carbocycles. The summed E-state index contributed by atoms with van der Waals surface area (Å²) in [5.41, 5.74) is 6.99. The van der Waals surface area contributed by atoms with E-state index in [0.29, 0.717) is 5.82 Å². The number of hydrogen-bond donors (Lipinski definition) is 2. The Morgan fingerprint density at radius 2 is 2.28 bits per heavy atom. The van der Waals surface area contributed by atoms with E-state index in [0.717, 1.165) is 43.7 Å². The number of rotatable bonds is 3. The zero-order valence-corrected chi connectivity index (χ0v) is 11.1. The fourth-order valence-electron chi connectivity index (χ4n) is 2.50. The maximum absolute atomic E-state index is 9.79. The molecule has 100 valence electrons. The highest BCUT2D eigenvalue weighted by Crippen LogP contribution is 2.27. The van der Waals surface area contributed by atoms with Crippen LogP contribution in [0.25, 0.3) is 0 Å². The third-order valence-corrected chi connectivity index (χ3v) is 3.62. The predicted molar refractivity (Wildman–Crippen MR) is 72.4 cm³/mol. The Balaban J connectivity index is 2.25. The first-order valence-electron chi connectivity index (χ1n) is 6.65. The Hall–Kier alpha value is -1.36. The van der Waals surface area contributed by atoms with Crippen molar-refractivity contribution in [3.05, 3.63) is 11.9 Å². The first-order chi connectivity index (χ1) is 8.63. The number of nitrogens with zero attached hydrogens (tertiary/aromatic N) is 3. The summed E-state index contributed by atoms with van der Waals surface area (Å²) >= 11 is 0. The summed E-state index contributed by atoms with van der Waals surface area (Å²) in [5.74, 6) is 1.80. The zero-order valence-electron chi connectivity index (χ0n) is 11.1. The van der Waals surface area contributed by atoms with Crippen molar-refractivity contribution in [3.63, 3.8) is 0 Å². The molecule has 1 fully saturated rings. The summed E-state index contributed by atoms with van der Waals surface area (Å²) in [4.78, 5) is 10.7. The maximum atomic E-state index is 9.79. The van der Waals surface area contributed by atoms with E-state index in [1.165, 1.54) is 6.33 Å². The molecule has 5 nitrogen and oxygen atoms in total. The molecule has 0 bridgehead atoms. The third kappa shape index (κ3) is 2.56. The van der Waals surface area contributed by atoms with E-state index in [9.17, 15) is 5.11 Å². The van der Waals surface area contributed by atoms with Crippen molar-refractivity contribution in [1.29, 1.82) is 0 Å². The van der Waals surface area contributed by atoms with Gasteiger partial charge in [0.1, 0.15) is 18.0 Å². The number of aliphatic hydroxyl groups excluding tert-OH is 1. The number of aliphatic hydroxyl groups is 1. The second-order valence-corrected chi connectivity index (χ2v) is 5.09. The van der Waals surface area contributed by atoms with Crippen LogP contribution in [0.15, 0.2) is 6.33 Å². The molecule has 1 aromatic rings. The standard InChI is InChI=1S/C13H22N4O/c1-3-4-10-12(14)15-8-16-13(10)17-6-5-11(18)9(2)7-17/h8-9,11,18H,3-7H2,1-2H3,(H2,14,15,16). The van der Waals surface area contributed by atoms with Gasteiger partial charge in [-0.2, -0.15) is 0 Å². The topological polar surface area (TPSA) is 75.3 Å². The van der Waals surface area contributed by atoms with Crippen LogP contribution in [0.1, 0.15) is 32.3 Å². The Bertz CT molecular complexity index is 410. The Morgan fingerprint density at radius 3 is 2.94 bits per heavy atom. The SMILES string of the molecule is CCCc1c(N)ncnc1N1CCC(O)C(C)C1. The van der Waals surface area contributed by atoms with Gasteiger partial charge in [-0.3, -0.25) is 0 Å². The number of piperidine rings is 1. The number of nitrogens with two attached hydrogens (primary N) is 1. The van der Waals surface area contributed by atoms with Gasteiger partial charge in [-0.1, -0.05) is 20.3 Å². The fraction of sp³-hybridized carbons (Fsp3) is 0.692. The summed E-state index contributed by atoms with van der Waals surface area (Å²) in [6.07, 6.45) is 4.04. The van der Waals surface area contributed by atoms with Gasteiger partial charge in [-0.15, -0.1) is 0 Å². The Labute approximate surface area is 108 Å². The highest BCUT2D eigenvalue weighted by molar-refractivity contribution is 5.57. The molecule has 1 saturated heterocycles. The minimum Gasteiger partial charge on any atom is -0.393 e.